The van der Waals surface area contributed by atoms with Crippen molar-refractivity contribution in [3.63, 3.8) is 0 Å². The molecule has 0 spiro atoms. The summed E-state index contributed by atoms with van der Waals surface area (Å²) in [5.74, 6) is -0.979. The number of hydrogen-bond donors (Lipinski definition) is 10. The lowest BCUT2D eigenvalue weighted by Crippen LogP contribution is -2.19. The van der Waals surface area contributed by atoms with E-state index in [4.69, 9.17) is 0 Å². The van der Waals surface area contributed by atoms with Gasteiger partial charge >= 0.3 is 36.5 Å². The second kappa shape index (κ2) is 42.3. The van der Waals surface area contributed by atoms with Crippen molar-refractivity contribution in [2.45, 2.75) is 46.8 Å². The van der Waals surface area contributed by atoms with Gasteiger partial charge in [0, 0.05) is 125 Å². The van der Waals surface area contributed by atoms with Gasteiger partial charge in [0.1, 0.15) is 23.4 Å². The molecule has 10 heterocycles. The minimum Gasteiger partial charge on any atom is -0.308 e. The fraction of sp³-hybridized carbons (Fsp3) is 0.110. The molecule has 20 rings (SSSR count). The minimum atomic E-state index is -4.63. The molecule has 0 radical (unpaired) electrons. The van der Waals surface area contributed by atoms with Crippen LogP contribution in [0.15, 0.2) is 280 Å². The number of halogens is 6. The van der Waals surface area contributed by atoms with Gasteiger partial charge in [-0.15, -0.1) is 13.2 Å². The smallest absolute Gasteiger partial charge is 0.308 e. The molecule has 1 unspecified atom stereocenters. The van der Waals surface area contributed by atoms with Gasteiger partial charge in [0.15, 0.2) is 13.3 Å². The normalized spacial score (nSPS) is 11.9. The van der Waals surface area contributed by atoms with E-state index in [1.54, 1.807) is 162 Å². The van der Waals surface area contributed by atoms with E-state index < -0.39 is 24.4 Å². The van der Waals surface area contributed by atoms with Gasteiger partial charge in [0.25, 0.3) is 0 Å². The maximum Gasteiger partial charge on any atom is 0.504 e. The fourth-order valence-corrected chi connectivity index (χ4v) is 14.0. The molecule has 10 aromatic carbocycles. The van der Waals surface area contributed by atoms with Gasteiger partial charge in [-0.2, -0.15) is 25.1 Å². The summed E-state index contributed by atoms with van der Waals surface area (Å²) in [7, 11) is 7.40. The van der Waals surface area contributed by atoms with Crippen LogP contribution in [0.4, 0.5) is 107 Å². The number of fused-ring (bicyclic) bond motifs is 5. The standard InChI is InChI=1S/C20H14F4N6O.2C20H17FN6O.2C20H18N6O/c1-11-6-13(2-4-15(11)21)27-19(31)28-14-3-5-16-17(7-14)29-18(9-25-16)12-8-26-30(10-12)20(22,23)24;2*1-12-7-14(3-5-16(12)21)24-20(28)25-15-4-6-17-18(8-15)26-19(10-22-17)13-9-23-27(2)11-13;1-13-3-5-15(6-4-13)23-20(27)24-16-7-8-17-18(9-16)21-11-19(25-17)14-10-22-26(2)12-14;1-13-3-5-15(6-4-13)23-20(27)24-16-7-8-17-18(9-16)25-19(11-21-17)14-10-22-26(2)12-14/h2-10H,1H3,(H2,27,28,31);2*3-11H,1-2H3,(H2,24,25,28);3-12,14H,1-2H3,(H-,21,23,24,27);3-12H,1-2H3,(H2,23,24,27)/p+1. The first kappa shape index (κ1) is 95.2. The topological polar surface area (TPSA) is 421 Å². The Morgan fingerprint density at radius 1 is 0.305 bits per heavy atom. The molecule has 141 heavy (non-hydrogen) atoms. The highest BCUT2D eigenvalue weighted by atomic mass is 19.4. The van der Waals surface area contributed by atoms with E-state index in [2.05, 4.69) is 129 Å². The number of nitrogens with zero attached hydrogens (tertiary/aromatic N) is 20. The van der Waals surface area contributed by atoms with Crippen molar-refractivity contribution < 1.29 is 55.0 Å². The van der Waals surface area contributed by atoms with Crippen LogP contribution in [-0.2, 0) is 27.4 Å². The van der Waals surface area contributed by atoms with E-state index in [9.17, 15) is 50.3 Å². The quantitative estimate of drug-likeness (QED) is 0.0337. The Hall–Kier alpha value is -19.0. The number of aromatic nitrogens is 18. The van der Waals surface area contributed by atoms with Crippen LogP contribution in [0.2, 0.25) is 0 Å². The number of anilines is 10. The van der Waals surface area contributed by atoms with Crippen LogP contribution >= 0.6 is 0 Å². The summed E-state index contributed by atoms with van der Waals surface area (Å²) >= 11 is 0. The predicted molar refractivity (Wildman–Crippen MR) is 529 cm³/mol. The van der Waals surface area contributed by atoms with Gasteiger partial charge in [0.05, 0.1) is 146 Å². The second-order valence-corrected chi connectivity index (χ2v) is 32.2. The average Bonchev–Trinajstić information content (AvgIpc) is 1.70. The summed E-state index contributed by atoms with van der Waals surface area (Å²) in [4.78, 5) is 106. The Kier molecular flexibility index (Phi) is 28.5. The Balaban J connectivity index is 0.000000127. The number of hydrogen-bond acceptors (Lipinski definition) is 20. The highest BCUT2D eigenvalue weighted by Gasteiger charge is 2.32. The number of aryl methyl sites for hydroxylation is 8. The number of amides is 10. The molecule has 1 atom stereocenters. The third-order valence-corrected chi connectivity index (χ3v) is 21.2. The molecule has 10 amide bonds. The van der Waals surface area contributed by atoms with Crippen molar-refractivity contribution in [2.75, 3.05) is 60.2 Å². The zero-order chi connectivity index (χ0) is 99.1. The van der Waals surface area contributed by atoms with Crippen LogP contribution < -0.4 is 53.2 Å². The second-order valence-electron chi connectivity index (χ2n) is 32.2. The summed E-state index contributed by atoms with van der Waals surface area (Å²) in [5, 5.41) is 47.3. The lowest BCUT2D eigenvalue weighted by molar-refractivity contribution is -0.494. The summed E-state index contributed by atoms with van der Waals surface area (Å²) in [6, 6.07) is 52.4. The lowest BCUT2D eigenvalue weighted by Gasteiger charge is -2.09. The van der Waals surface area contributed by atoms with Crippen molar-refractivity contribution in [1.82, 2.24) is 89.0 Å². The van der Waals surface area contributed by atoms with Crippen molar-refractivity contribution in [2.24, 2.45) is 26.2 Å². The highest BCUT2D eigenvalue weighted by molar-refractivity contribution is 6.05. The third kappa shape index (κ3) is 25.2. The van der Waals surface area contributed by atoms with Gasteiger partial charge < -0.3 is 53.2 Å². The van der Waals surface area contributed by atoms with Crippen molar-refractivity contribution in [3.8, 4) is 45.0 Å². The Morgan fingerprint density at radius 3 is 0.858 bits per heavy atom. The van der Waals surface area contributed by atoms with Gasteiger partial charge in [0.2, 0.25) is 0 Å². The van der Waals surface area contributed by atoms with Gasteiger partial charge in [-0.3, -0.25) is 39.0 Å². The minimum absolute atomic E-state index is 0.0324. The molecule has 1 aliphatic heterocycles. The zero-order valence-corrected chi connectivity index (χ0v) is 76.5. The number of nitrogens with one attached hydrogen (secondary N) is 10. The Bertz CT molecular complexity index is 7820. The van der Waals surface area contributed by atoms with Crippen LogP contribution in [0.5, 0.6) is 0 Å². The summed E-state index contributed by atoms with van der Waals surface area (Å²) < 4.78 is 85.0. The van der Waals surface area contributed by atoms with E-state index in [1.165, 1.54) is 54.7 Å². The lowest BCUT2D eigenvalue weighted by atomic mass is 10.1. The van der Waals surface area contributed by atoms with Crippen LogP contribution in [-0.4, -0.2) is 143 Å². The molecule has 706 valence electrons. The number of rotatable bonds is 15. The van der Waals surface area contributed by atoms with Gasteiger partial charge in [-0.25, -0.2) is 62.1 Å². The maximum absolute atomic E-state index is 13.3. The molecule has 9 aromatic heterocycles. The fourth-order valence-electron chi connectivity index (χ4n) is 14.0. The molecule has 0 saturated carbocycles. The molecule has 19 aromatic rings. The van der Waals surface area contributed by atoms with Gasteiger partial charge in [-0.05, 0) is 226 Å². The molecular formula is C100H85F6N30O5+. The summed E-state index contributed by atoms with van der Waals surface area (Å²) in [6.45, 7) is 8.86. The van der Waals surface area contributed by atoms with Crippen molar-refractivity contribution >= 4 is 155 Å². The number of hydrazone groups is 1. The van der Waals surface area contributed by atoms with E-state index in [1.807, 2.05) is 140 Å². The van der Waals surface area contributed by atoms with E-state index in [-0.39, 0.29) is 51.4 Å². The summed E-state index contributed by atoms with van der Waals surface area (Å²) in [6.07, 6.45) is 20.0. The summed E-state index contributed by atoms with van der Waals surface area (Å²) in [5.41, 5.74) is 21.8. The van der Waals surface area contributed by atoms with E-state index in [0.717, 1.165) is 79.5 Å². The molecular weight excluding hydrogens is 1820 g/mol. The SMILES string of the molecule is Cc1cc(NC(=O)Nc2ccc3ncc(-c4cnn(C(F)(F)F)c4)nc3c2)ccc1F.Cc1cc(NC(=O)Nc2ccc3ncc(-c4cnn(C)c4)nc3c2)ccc1F.Cc1cc(NC(=O)Nc2ccc3ncc(-c4cnn(C)c4)nc3c2)ccc1F.Cc1ccc(NC(=O)Nc2ccc3nc(C4C=N[N+](C)=C4)cnc3c2)cc1.Cc1ccc(NC(=O)Nc2ccc3ncc(-c4cnn(C)c4)nc3c2)cc1. The first-order chi connectivity index (χ1) is 67.8. The maximum atomic E-state index is 13.3. The molecule has 0 saturated heterocycles. The van der Waals surface area contributed by atoms with E-state index in [0.29, 0.717) is 112 Å². The number of alkyl halides is 3. The van der Waals surface area contributed by atoms with Crippen LogP contribution in [0.25, 0.3) is 100 Å². The first-order valence-electron chi connectivity index (χ1n) is 43.1. The predicted octanol–water partition coefficient (Wildman–Crippen LogP) is 20.7. The Labute approximate surface area is 798 Å². The molecule has 0 bridgehead atoms. The first-order valence-corrected chi connectivity index (χ1v) is 43.1. The molecule has 10 N–H and O–H groups in total. The van der Waals surface area contributed by atoms with Crippen LogP contribution in [0, 0.1) is 52.1 Å². The van der Waals surface area contributed by atoms with Gasteiger partial charge in [-0.1, -0.05) is 40.1 Å². The number of urea groups is 5. The van der Waals surface area contributed by atoms with Crippen molar-refractivity contribution in [1.29, 1.82) is 0 Å². The van der Waals surface area contributed by atoms with Crippen molar-refractivity contribution in [3.05, 3.63) is 326 Å². The number of carbonyl (C=O) groups is 5. The molecule has 0 aliphatic carbocycles. The monoisotopic (exact) mass is 1900 g/mol. The number of benzene rings is 10. The van der Waals surface area contributed by atoms with E-state index >= 15 is 0 Å². The number of carbonyl (C=O) groups excluding carboxylic acids is 5. The third-order valence-electron chi connectivity index (χ3n) is 21.2. The Morgan fingerprint density at radius 2 is 0.574 bits per heavy atom. The molecule has 41 heteroatoms. The highest BCUT2D eigenvalue weighted by Crippen LogP contribution is 2.31. The van der Waals surface area contributed by atoms with Crippen LogP contribution in [0.3, 0.4) is 0 Å². The zero-order valence-electron chi connectivity index (χ0n) is 76.5. The average molecular weight is 1900 g/mol. The largest absolute Gasteiger partial charge is 0.504 e. The van der Waals surface area contributed by atoms with Crippen LogP contribution in [0.1, 0.15) is 39.4 Å². The molecule has 0 fully saturated rings. The molecule has 1 aliphatic rings. The molecule has 35 nitrogen and oxygen atoms in total.